The van der Waals surface area contributed by atoms with Gasteiger partial charge in [-0.3, -0.25) is 0 Å². The second-order valence-corrected chi connectivity index (χ2v) is 6.17. The third-order valence-corrected chi connectivity index (χ3v) is 4.24. The normalized spacial score (nSPS) is 25.3. The lowest BCUT2D eigenvalue weighted by molar-refractivity contribution is 0.311. The fourth-order valence-electron chi connectivity index (χ4n) is 3.10. The summed E-state index contributed by atoms with van der Waals surface area (Å²) in [5, 5.41) is 0. The van der Waals surface area contributed by atoms with E-state index in [1.165, 1.54) is 32.1 Å². The van der Waals surface area contributed by atoms with Crippen molar-refractivity contribution in [3.05, 3.63) is 23.3 Å². The lowest BCUT2D eigenvalue weighted by atomic mass is 9.80. The molecule has 0 spiro atoms. The highest BCUT2D eigenvalue weighted by atomic mass is 14.9. The van der Waals surface area contributed by atoms with Gasteiger partial charge in [0.25, 0.3) is 0 Å². The topological polar surface area (TPSA) is 51.8 Å². The van der Waals surface area contributed by atoms with E-state index in [1.54, 1.807) is 0 Å². The first-order valence-corrected chi connectivity index (χ1v) is 7.68. The second-order valence-electron chi connectivity index (χ2n) is 6.17. The minimum atomic E-state index is 0.165. The molecule has 1 aliphatic rings. The van der Waals surface area contributed by atoms with Crippen molar-refractivity contribution in [1.82, 2.24) is 9.97 Å². The zero-order valence-corrected chi connectivity index (χ0v) is 12.5. The quantitative estimate of drug-likeness (QED) is 0.904. The molecule has 106 valence electrons. The maximum absolute atomic E-state index is 5.88. The molecule has 0 amide bonds. The van der Waals surface area contributed by atoms with Crippen LogP contribution in [0.5, 0.6) is 0 Å². The van der Waals surface area contributed by atoms with Gasteiger partial charge >= 0.3 is 0 Å². The third-order valence-electron chi connectivity index (χ3n) is 4.24. The summed E-state index contributed by atoms with van der Waals surface area (Å²) in [6.45, 7) is 6.39. The SMILES string of the molecule is CCC1CCC(c2nc(C)cc(CC(C)N)n2)CC1. The van der Waals surface area contributed by atoms with Crippen LogP contribution < -0.4 is 5.73 Å². The summed E-state index contributed by atoms with van der Waals surface area (Å²) < 4.78 is 0. The molecule has 2 rings (SSSR count). The number of nitrogens with two attached hydrogens (primary N) is 1. The molecule has 1 aromatic heterocycles. The van der Waals surface area contributed by atoms with Crippen LogP contribution in [0.1, 0.15) is 69.1 Å². The van der Waals surface area contributed by atoms with Gasteiger partial charge in [-0.2, -0.15) is 0 Å². The summed E-state index contributed by atoms with van der Waals surface area (Å²) in [6.07, 6.45) is 7.33. The van der Waals surface area contributed by atoms with Gasteiger partial charge < -0.3 is 5.73 Å². The Morgan fingerprint density at radius 2 is 1.95 bits per heavy atom. The molecule has 2 N–H and O–H groups in total. The van der Waals surface area contributed by atoms with Crippen LogP contribution in [0.3, 0.4) is 0 Å². The van der Waals surface area contributed by atoms with E-state index >= 15 is 0 Å². The van der Waals surface area contributed by atoms with Crippen LogP contribution in [0.15, 0.2) is 6.07 Å². The van der Waals surface area contributed by atoms with E-state index in [4.69, 9.17) is 10.7 Å². The molecule has 3 nitrogen and oxygen atoms in total. The molecule has 0 bridgehead atoms. The maximum Gasteiger partial charge on any atom is 0.131 e. The Hall–Kier alpha value is -0.960. The van der Waals surface area contributed by atoms with Gasteiger partial charge in [0.1, 0.15) is 5.82 Å². The van der Waals surface area contributed by atoms with Crippen molar-refractivity contribution in [2.24, 2.45) is 11.7 Å². The van der Waals surface area contributed by atoms with Crippen molar-refractivity contribution in [3.8, 4) is 0 Å². The van der Waals surface area contributed by atoms with Crippen molar-refractivity contribution in [2.75, 3.05) is 0 Å². The molecule has 1 aromatic rings. The molecule has 1 aliphatic carbocycles. The zero-order chi connectivity index (χ0) is 13.8. The van der Waals surface area contributed by atoms with Gasteiger partial charge in [-0.15, -0.1) is 0 Å². The second kappa shape index (κ2) is 6.47. The van der Waals surface area contributed by atoms with E-state index in [2.05, 4.69) is 24.9 Å². The van der Waals surface area contributed by atoms with E-state index in [0.29, 0.717) is 5.92 Å². The van der Waals surface area contributed by atoms with Gasteiger partial charge in [0.15, 0.2) is 0 Å². The largest absolute Gasteiger partial charge is 0.328 e. The molecule has 0 aromatic carbocycles. The van der Waals surface area contributed by atoms with Gasteiger partial charge in [-0.1, -0.05) is 13.3 Å². The third kappa shape index (κ3) is 4.00. The minimum Gasteiger partial charge on any atom is -0.328 e. The molecular formula is C16H27N3. The Kier molecular flexibility index (Phi) is 4.92. The van der Waals surface area contributed by atoms with Crippen LogP contribution in [0.2, 0.25) is 0 Å². The van der Waals surface area contributed by atoms with Crippen LogP contribution in [0.25, 0.3) is 0 Å². The Morgan fingerprint density at radius 3 is 2.53 bits per heavy atom. The van der Waals surface area contributed by atoms with Crippen molar-refractivity contribution in [3.63, 3.8) is 0 Å². The first-order valence-electron chi connectivity index (χ1n) is 7.68. The summed E-state index contributed by atoms with van der Waals surface area (Å²) in [5.74, 6) is 2.55. The average molecular weight is 261 g/mol. The van der Waals surface area contributed by atoms with E-state index in [-0.39, 0.29) is 6.04 Å². The van der Waals surface area contributed by atoms with Crippen molar-refractivity contribution in [1.29, 1.82) is 0 Å². The predicted molar refractivity (Wildman–Crippen MR) is 79.1 cm³/mol. The van der Waals surface area contributed by atoms with E-state index in [0.717, 1.165) is 29.6 Å². The fraction of sp³-hybridized carbons (Fsp3) is 0.750. The van der Waals surface area contributed by atoms with Crippen molar-refractivity contribution >= 4 is 0 Å². The smallest absolute Gasteiger partial charge is 0.131 e. The standard InChI is InChI=1S/C16H27N3/c1-4-13-5-7-14(8-6-13)16-18-12(3)10-15(19-16)9-11(2)17/h10-11,13-14H,4-9,17H2,1-3H3. The Labute approximate surface area is 117 Å². The van der Waals surface area contributed by atoms with Gasteiger partial charge in [0, 0.05) is 29.8 Å². The summed E-state index contributed by atoms with van der Waals surface area (Å²) in [6, 6.07) is 2.24. The summed E-state index contributed by atoms with van der Waals surface area (Å²) in [7, 11) is 0. The first kappa shape index (κ1) is 14.4. The molecule has 1 unspecified atom stereocenters. The van der Waals surface area contributed by atoms with Crippen LogP contribution in [-0.4, -0.2) is 16.0 Å². The van der Waals surface area contributed by atoms with Gasteiger partial charge in [-0.25, -0.2) is 9.97 Å². The molecule has 1 heterocycles. The molecule has 19 heavy (non-hydrogen) atoms. The highest BCUT2D eigenvalue weighted by Crippen LogP contribution is 2.35. The molecule has 0 radical (unpaired) electrons. The zero-order valence-electron chi connectivity index (χ0n) is 12.5. The van der Waals surface area contributed by atoms with Crippen LogP contribution in [0, 0.1) is 12.8 Å². The predicted octanol–water partition coefficient (Wildman–Crippen LogP) is 3.36. The highest BCUT2D eigenvalue weighted by Gasteiger charge is 2.23. The average Bonchev–Trinajstić information content (AvgIpc) is 2.37. The molecule has 1 fully saturated rings. The molecule has 1 atom stereocenters. The minimum absolute atomic E-state index is 0.165. The fourth-order valence-corrected chi connectivity index (χ4v) is 3.10. The number of rotatable bonds is 4. The van der Waals surface area contributed by atoms with Crippen molar-refractivity contribution in [2.45, 2.75) is 71.3 Å². The molecular weight excluding hydrogens is 234 g/mol. The molecule has 0 saturated heterocycles. The van der Waals surface area contributed by atoms with E-state index in [1.807, 2.05) is 6.92 Å². The lowest BCUT2D eigenvalue weighted by Crippen LogP contribution is -2.20. The van der Waals surface area contributed by atoms with Gasteiger partial charge in [-0.05, 0) is 51.5 Å². The number of aromatic nitrogens is 2. The molecule has 0 aliphatic heterocycles. The highest BCUT2D eigenvalue weighted by molar-refractivity contribution is 5.13. The Bertz CT molecular complexity index is 406. The maximum atomic E-state index is 5.88. The van der Waals surface area contributed by atoms with Crippen LogP contribution in [-0.2, 0) is 6.42 Å². The number of hydrogen-bond donors (Lipinski definition) is 1. The molecule has 3 heteroatoms. The van der Waals surface area contributed by atoms with Crippen LogP contribution >= 0.6 is 0 Å². The first-order chi connectivity index (χ1) is 9.08. The summed E-state index contributed by atoms with van der Waals surface area (Å²) in [4.78, 5) is 9.42. The van der Waals surface area contributed by atoms with Gasteiger partial charge in [0.2, 0.25) is 0 Å². The summed E-state index contributed by atoms with van der Waals surface area (Å²) in [5.41, 5.74) is 8.07. The van der Waals surface area contributed by atoms with Crippen molar-refractivity contribution < 1.29 is 0 Å². The van der Waals surface area contributed by atoms with E-state index < -0.39 is 0 Å². The Morgan fingerprint density at radius 1 is 1.26 bits per heavy atom. The van der Waals surface area contributed by atoms with E-state index in [9.17, 15) is 0 Å². The Balaban J connectivity index is 2.09. The number of nitrogens with zero attached hydrogens (tertiary/aromatic N) is 2. The van der Waals surface area contributed by atoms with Gasteiger partial charge in [0.05, 0.1) is 0 Å². The monoisotopic (exact) mass is 261 g/mol. The number of aryl methyl sites for hydroxylation is 1. The van der Waals surface area contributed by atoms with Crippen LogP contribution in [0.4, 0.5) is 0 Å². The summed E-state index contributed by atoms with van der Waals surface area (Å²) >= 11 is 0. The number of hydrogen-bond acceptors (Lipinski definition) is 3. The molecule has 1 saturated carbocycles. The lowest BCUT2D eigenvalue weighted by Gasteiger charge is -2.27.